The molecule has 1 aliphatic rings. The number of aromatic amines is 1. The quantitative estimate of drug-likeness (QED) is 0.324. The number of aromatic nitrogens is 1. The number of aliphatic hydroxyl groups excluding tert-OH is 1. The third-order valence-electron chi connectivity index (χ3n) is 5.63. The molecule has 11 heteroatoms. The Hall–Kier alpha value is -3.18. The number of carbonyl (C=O) groups excluding carboxylic acids is 2. The van der Waals surface area contributed by atoms with Gasteiger partial charge < -0.3 is 25.5 Å². The average Bonchev–Trinajstić information content (AvgIpc) is 3.44. The van der Waals surface area contributed by atoms with Gasteiger partial charge in [-0.15, -0.1) is 11.3 Å². The lowest BCUT2D eigenvalue weighted by Gasteiger charge is -2.17. The van der Waals surface area contributed by atoms with E-state index in [1.807, 2.05) is 31.2 Å². The lowest BCUT2D eigenvalue weighted by Crippen LogP contribution is -2.34. The maximum atomic E-state index is 12.5. The largest absolute Gasteiger partial charge is 0.442 e. The second kappa shape index (κ2) is 11.0. The third kappa shape index (κ3) is 5.73. The van der Waals surface area contributed by atoms with Gasteiger partial charge in [0.25, 0.3) is 11.5 Å². The predicted molar refractivity (Wildman–Crippen MR) is 135 cm³/mol. The zero-order valence-corrected chi connectivity index (χ0v) is 20.5. The fraction of sp³-hybridized carbons (Fsp3) is 0.292. The number of amides is 2. The number of aryl methyl sites for hydroxylation is 1. The Kier molecular flexibility index (Phi) is 7.86. The normalized spacial score (nSPS) is 15.3. The van der Waals surface area contributed by atoms with Crippen LogP contribution in [0.4, 0.5) is 10.5 Å². The van der Waals surface area contributed by atoms with E-state index in [1.165, 1.54) is 16.2 Å². The molecule has 184 valence electrons. The van der Waals surface area contributed by atoms with Crippen LogP contribution in [-0.4, -0.2) is 54.4 Å². The zero-order valence-electron chi connectivity index (χ0n) is 19.0. The highest BCUT2D eigenvalue weighted by Crippen LogP contribution is 2.30. The molecule has 1 fully saturated rings. The number of H-pyrrole nitrogens is 1. The third-order valence-corrected chi connectivity index (χ3v) is 6.86. The molecule has 1 atom stereocenters. The number of nitrogens with one attached hydrogen (secondary N) is 3. The molecule has 3 heterocycles. The fourth-order valence-electron chi connectivity index (χ4n) is 3.92. The summed E-state index contributed by atoms with van der Waals surface area (Å²) >= 11 is 7.06. The molecule has 4 rings (SSSR count). The van der Waals surface area contributed by atoms with Crippen molar-refractivity contribution in [2.24, 2.45) is 0 Å². The van der Waals surface area contributed by atoms with Crippen molar-refractivity contribution in [2.75, 3.05) is 31.1 Å². The number of halogens is 1. The summed E-state index contributed by atoms with van der Waals surface area (Å²) in [5.74, 6) is -0.265. The van der Waals surface area contributed by atoms with Crippen LogP contribution in [-0.2, 0) is 11.3 Å². The van der Waals surface area contributed by atoms with E-state index in [2.05, 4.69) is 15.6 Å². The predicted octanol–water partition coefficient (Wildman–Crippen LogP) is 2.90. The Morgan fingerprint density at radius 1 is 1.26 bits per heavy atom. The molecule has 0 aliphatic carbocycles. The van der Waals surface area contributed by atoms with Gasteiger partial charge in [0.05, 0.1) is 28.9 Å². The summed E-state index contributed by atoms with van der Waals surface area (Å²) in [6, 6.07) is 10.7. The molecule has 3 aromatic rings. The van der Waals surface area contributed by atoms with Gasteiger partial charge in [-0.1, -0.05) is 17.7 Å². The molecule has 0 unspecified atom stereocenters. The number of ether oxygens (including phenoxy) is 1. The molecule has 1 saturated heterocycles. The van der Waals surface area contributed by atoms with Crippen molar-refractivity contribution < 1.29 is 19.4 Å². The molecule has 0 radical (unpaired) electrons. The summed E-state index contributed by atoms with van der Waals surface area (Å²) in [5, 5.41) is 14.8. The van der Waals surface area contributed by atoms with Crippen molar-refractivity contribution in [3.8, 4) is 11.1 Å². The van der Waals surface area contributed by atoms with Crippen LogP contribution in [0, 0.1) is 6.92 Å². The average molecular weight is 517 g/mol. The molecular formula is C24H25ClN4O5S. The number of anilines is 1. The van der Waals surface area contributed by atoms with E-state index in [0.29, 0.717) is 40.1 Å². The number of thiophene rings is 1. The van der Waals surface area contributed by atoms with E-state index in [4.69, 9.17) is 21.4 Å². The van der Waals surface area contributed by atoms with Gasteiger partial charge in [-0.2, -0.15) is 0 Å². The number of aliphatic hydroxyl groups is 1. The lowest BCUT2D eigenvalue weighted by atomic mass is 9.96. The van der Waals surface area contributed by atoms with Crippen LogP contribution in [0.2, 0.25) is 4.34 Å². The number of hydrogen-bond acceptors (Lipinski definition) is 7. The SMILES string of the molecule is Cc1cc(N2C[C@H](CNC(=O)c3ccc(Cl)s3)OC2=O)ccc1-c1cc[nH]c(=O)c1CNCCO. The van der Waals surface area contributed by atoms with E-state index in [9.17, 15) is 14.4 Å². The smallest absolute Gasteiger partial charge is 0.414 e. The maximum absolute atomic E-state index is 12.5. The van der Waals surface area contributed by atoms with Crippen LogP contribution < -0.4 is 21.1 Å². The van der Waals surface area contributed by atoms with Gasteiger partial charge in [-0.05, 0) is 53.9 Å². The number of pyridine rings is 1. The molecule has 4 N–H and O–H groups in total. The van der Waals surface area contributed by atoms with Gasteiger partial charge in [-0.3, -0.25) is 14.5 Å². The van der Waals surface area contributed by atoms with Crippen LogP contribution in [0.15, 0.2) is 47.4 Å². The van der Waals surface area contributed by atoms with E-state index in [1.54, 1.807) is 18.3 Å². The zero-order chi connectivity index (χ0) is 24.9. The number of cyclic esters (lactones) is 1. The van der Waals surface area contributed by atoms with Crippen molar-refractivity contribution in [3.05, 3.63) is 73.3 Å². The second-order valence-electron chi connectivity index (χ2n) is 8.03. The van der Waals surface area contributed by atoms with Crippen LogP contribution in [0.1, 0.15) is 20.8 Å². The molecule has 2 amide bonds. The van der Waals surface area contributed by atoms with Crippen LogP contribution in [0.5, 0.6) is 0 Å². The van der Waals surface area contributed by atoms with Gasteiger partial charge in [-0.25, -0.2) is 4.79 Å². The number of benzene rings is 1. The first-order chi connectivity index (χ1) is 16.9. The Balaban J connectivity index is 1.46. The fourth-order valence-corrected chi connectivity index (χ4v) is 4.88. The van der Waals surface area contributed by atoms with Crippen molar-refractivity contribution >= 4 is 40.6 Å². The highest BCUT2D eigenvalue weighted by Gasteiger charge is 2.33. The molecule has 0 bridgehead atoms. The van der Waals surface area contributed by atoms with E-state index in [0.717, 1.165) is 16.7 Å². The van der Waals surface area contributed by atoms with Crippen molar-refractivity contribution in [3.63, 3.8) is 0 Å². The minimum absolute atomic E-state index is 0.0210. The highest BCUT2D eigenvalue weighted by atomic mass is 35.5. The van der Waals surface area contributed by atoms with E-state index < -0.39 is 12.2 Å². The monoisotopic (exact) mass is 516 g/mol. The summed E-state index contributed by atoms with van der Waals surface area (Å²) in [4.78, 5) is 41.9. The first-order valence-corrected chi connectivity index (χ1v) is 12.2. The van der Waals surface area contributed by atoms with Gasteiger partial charge >= 0.3 is 6.09 Å². The molecule has 0 saturated carbocycles. The number of rotatable bonds is 9. The summed E-state index contributed by atoms with van der Waals surface area (Å²) in [7, 11) is 0. The van der Waals surface area contributed by atoms with Crippen LogP contribution >= 0.6 is 22.9 Å². The molecular weight excluding hydrogens is 492 g/mol. The van der Waals surface area contributed by atoms with Gasteiger partial charge in [0.15, 0.2) is 0 Å². The van der Waals surface area contributed by atoms with E-state index >= 15 is 0 Å². The van der Waals surface area contributed by atoms with Gasteiger partial charge in [0.2, 0.25) is 0 Å². The molecule has 35 heavy (non-hydrogen) atoms. The summed E-state index contributed by atoms with van der Waals surface area (Å²) in [6.07, 6.45) is 0.626. The number of nitrogens with zero attached hydrogens (tertiary/aromatic N) is 1. The van der Waals surface area contributed by atoms with Crippen molar-refractivity contribution in [2.45, 2.75) is 19.6 Å². The summed E-state index contributed by atoms with van der Waals surface area (Å²) in [6.45, 7) is 3.07. The Morgan fingerprint density at radius 2 is 2.09 bits per heavy atom. The molecule has 2 aromatic heterocycles. The van der Waals surface area contributed by atoms with Gasteiger partial charge in [0, 0.05) is 30.5 Å². The van der Waals surface area contributed by atoms with Crippen molar-refractivity contribution in [1.82, 2.24) is 15.6 Å². The number of hydrogen-bond donors (Lipinski definition) is 4. The Morgan fingerprint density at radius 3 is 2.80 bits per heavy atom. The minimum Gasteiger partial charge on any atom is -0.442 e. The number of carbonyl (C=O) groups is 2. The molecule has 9 nitrogen and oxygen atoms in total. The van der Waals surface area contributed by atoms with Crippen LogP contribution in [0.3, 0.4) is 0 Å². The Bertz CT molecular complexity index is 1290. The Labute approximate surface area is 210 Å². The summed E-state index contributed by atoms with van der Waals surface area (Å²) in [5.41, 5.74) is 3.57. The van der Waals surface area contributed by atoms with Crippen LogP contribution in [0.25, 0.3) is 11.1 Å². The highest BCUT2D eigenvalue weighted by molar-refractivity contribution is 7.18. The second-order valence-corrected chi connectivity index (χ2v) is 9.74. The first kappa shape index (κ1) is 24.9. The molecule has 0 spiro atoms. The standard InChI is InChI=1S/C24H25ClN4O5S/c1-14-10-15(2-3-17(14)18-6-7-27-22(31)19(18)12-26-8-9-30)29-13-16(34-24(29)33)11-28-23(32)20-4-5-21(25)35-20/h2-7,10,16,26,30H,8-9,11-13H2,1H3,(H,27,31)(H,28,32)/t16-/m0/s1. The first-order valence-electron chi connectivity index (χ1n) is 11.0. The lowest BCUT2D eigenvalue weighted by molar-refractivity contribution is 0.0920. The van der Waals surface area contributed by atoms with E-state index in [-0.39, 0.29) is 24.6 Å². The minimum atomic E-state index is -0.487. The summed E-state index contributed by atoms with van der Waals surface area (Å²) < 4.78 is 5.97. The maximum Gasteiger partial charge on any atom is 0.414 e. The topological polar surface area (TPSA) is 124 Å². The van der Waals surface area contributed by atoms with Gasteiger partial charge in [0.1, 0.15) is 6.10 Å². The molecule has 1 aromatic carbocycles. The van der Waals surface area contributed by atoms with Crippen molar-refractivity contribution in [1.29, 1.82) is 0 Å². The molecule has 1 aliphatic heterocycles.